The quantitative estimate of drug-likeness (QED) is 0.0263. The van der Waals surface area contributed by atoms with Gasteiger partial charge >= 0.3 is 0 Å². The van der Waals surface area contributed by atoms with E-state index in [1.54, 1.807) is 24.8 Å². The average Bonchev–Trinajstić information content (AvgIpc) is 0.742. The molecular weight excluding hydrogens is 1770 g/mol. The van der Waals surface area contributed by atoms with Gasteiger partial charge < -0.3 is 66.3 Å². The molecule has 0 aliphatic carbocycles. The van der Waals surface area contributed by atoms with Crippen LogP contribution in [0.15, 0.2) is 437 Å². The second-order valence-corrected chi connectivity index (χ2v) is 34.0. The number of benzene rings is 17. The zero-order valence-corrected chi connectivity index (χ0v) is 78.1. The van der Waals surface area contributed by atoms with Crippen molar-refractivity contribution in [1.29, 1.82) is 0 Å². The SMILES string of the molecule is C(#Cc1ccc2c(OCc3cc(OCc4cc(OCc5ccccc5)cc(OCc5ccccc5)c4)cc(OCc4cc(OCc5ccccc5)cc(OCc5ccccc5)c4)c3)c(OCc3cc(OCc4cc(OCc5ccccc5)cc(OCc5ccccc5)c4)cc(OCc4cc(OCc5ccccc5)cc(OCc5ccccc5)c4)c3)c3ccc(C#Cc4ccncc4)cc3c2c1)c1ccncc1. The summed E-state index contributed by atoms with van der Waals surface area (Å²) in [5.74, 6) is 21.4. The third-order valence-electron chi connectivity index (χ3n) is 23.1. The van der Waals surface area contributed by atoms with Crippen molar-refractivity contribution >= 4 is 21.5 Å². The molecule has 142 heavy (non-hydrogen) atoms. The van der Waals surface area contributed by atoms with Crippen LogP contribution in [0, 0.1) is 23.7 Å². The van der Waals surface area contributed by atoms with Crippen LogP contribution >= 0.6 is 0 Å². The summed E-state index contributed by atoms with van der Waals surface area (Å²) < 4.78 is 95.4. The number of aromatic nitrogens is 2. The molecule has 0 spiro atoms. The van der Waals surface area contributed by atoms with E-state index < -0.39 is 0 Å². The lowest BCUT2D eigenvalue weighted by Crippen LogP contribution is -2.05. The first-order valence-corrected chi connectivity index (χ1v) is 47.0. The summed E-state index contributed by atoms with van der Waals surface area (Å²) in [5.41, 5.74) is 15.9. The van der Waals surface area contributed by atoms with Gasteiger partial charge in [-0.2, -0.15) is 0 Å². The third kappa shape index (κ3) is 27.2. The topological polar surface area (TPSA) is 155 Å². The van der Waals surface area contributed by atoms with E-state index in [0.717, 1.165) is 111 Å². The Kier molecular flexibility index (Phi) is 31.1. The molecular formula is C126H100N2O14. The van der Waals surface area contributed by atoms with E-state index in [-0.39, 0.29) is 39.6 Å². The number of fused-ring (bicyclic) bond motifs is 3. The molecule has 17 aromatic carbocycles. The molecule has 0 saturated heterocycles. The summed E-state index contributed by atoms with van der Waals surface area (Å²) in [6.45, 7) is 3.08. The van der Waals surface area contributed by atoms with Gasteiger partial charge in [0.25, 0.3) is 0 Å². The Hall–Kier alpha value is -18.1. The van der Waals surface area contributed by atoms with E-state index in [1.165, 1.54) is 0 Å². The molecule has 0 radical (unpaired) electrons. The lowest BCUT2D eigenvalue weighted by molar-refractivity contribution is 0.255. The minimum absolute atomic E-state index is 0.0273. The van der Waals surface area contributed by atoms with Crippen molar-refractivity contribution in [2.45, 2.75) is 92.5 Å². The zero-order chi connectivity index (χ0) is 95.7. The molecule has 2 heterocycles. The first kappa shape index (κ1) is 92.9. The Labute approximate surface area is 826 Å². The number of hydrogen-bond donors (Lipinski definition) is 0. The third-order valence-corrected chi connectivity index (χ3v) is 23.1. The molecule has 698 valence electrons. The standard InChI is InChI=1S/C126H100N2O14/c1-9-25-95(26-10-1)77-129-109-57-103(58-110(71-109)130-78-96-27-11-2-12-28-96)85-137-117-65-107(66-118(75-117)138-86-104-59-111(131-79-97-29-13-3-14-30-97)72-112(60-104)132-80-98-31-15-4-16-32-98)89-141-125-121-47-45-93(43-41-91-49-53-127-54-50-91)69-123(121)124-70-94(44-42-92-51-55-128-56-52-92)46-48-122(124)126(125)142-90-108-67-119(139-87-105-61-113(133-81-99-33-17-5-18-34-99)73-114(62-105)134-82-100-35-19-6-20-36-100)76-120(68-108)140-88-106-63-115(135-83-101-37-21-7-22-38-101)74-116(64-106)136-84-102-39-23-8-24-40-102/h1-40,45-76H,77-90H2. The zero-order valence-electron chi connectivity index (χ0n) is 78.1. The first-order valence-electron chi connectivity index (χ1n) is 47.0. The summed E-state index contributed by atoms with van der Waals surface area (Å²) in [5, 5.41) is 3.11. The van der Waals surface area contributed by atoms with E-state index >= 15 is 0 Å². The van der Waals surface area contributed by atoms with Crippen LogP contribution in [-0.2, 0) is 92.5 Å². The molecule has 0 N–H and O–H groups in total. The van der Waals surface area contributed by atoms with Gasteiger partial charge in [0.05, 0.1) is 0 Å². The van der Waals surface area contributed by atoms with Crippen LogP contribution in [0.2, 0.25) is 0 Å². The van der Waals surface area contributed by atoms with E-state index in [9.17, 15) is 0 Å². The van der Waals surface area contributed by atoms with Crippen LogP contribution < -0.4 is 66.3 Å². The highest BCUT2D eigenvalue weighted by molar-refractivity contribution is 6.14. The van der Waals surface area contributed by atoms with E-state index in [1.807, 2.05) is 400 Å². The number of hydrogen-bond acceptors (Lipinski definition) is 16. The monoisotopic (exact) mass is 1860 g/mol. The van der Waals surface area contributed by atoms with Crippen molar-refractivity contribution in [3.05, 3.63) is 537 Å². The Morgan fingerprint density at radius 3 is 0.479 bits per heavy atom. The fourth-order valence-electron chi connectivity index (χ4n) is 16.0. The van der Waals surface area contributed by atoms with Gasteiger partial charge in [0.1, 0.15) is 161 Å². The molecule has 0 saturated carbocycles. The molecule has 0 aliphatic rings. The summed E-state index contributed by atoms with van der Waals surface area (Å²) in [6.07, 6.45) is 6.95. The molecule has 19 aromatic rings. The number of ether oxygens (including phenoxy) is 14. The van der Waals surface area contributed by atoms with Gasteiger partial charge in [0.2, 0.25) is 0 Å². The van der Waals surface area contributed by atoms with Gasteiger partial charge in [0.15, 0.2) is 11.5 Å². The second kappa shape index (κ2) is 47.6. The normalized spacial score (nSPS) is 10.8. The average molecular weight is 1870 g/mol. The molecule has 19 rings (SSSR count). The second-order valence-electron chi connectivity index (χ2n) is 34.0. The summed E-state index contributed by atoms with van der Waals surface area (Å²) in [6, 6.07) is 136. The van der Waals surface area contributed by atoms with Crippen LogP contribution in [0.3, 0.4) is 0 Å². The van der Waals surface area contributed by atoms with Crippen molar-refractivity contribution in [1.82, 2.24) is 9.97 Å². The van der Waals surface area contributed by atoms with Gasteiger partial charge in [-0.05, 0) is 222 Å². The van der Waals surface area contributed by atoms with Gasteiger partial charge in [-0.15, -0.1) is 0 Å². The summed E-state index contributed by atoms with van der Waals surface area (Å²) in [4.78, 5) is 8.54. The Morgan fingerprint density at radius 1 is 0.134 bits per heavy atom. The predicted octanol–water partition coefficient (Wildman–Crippen LogP) is 27.7. The lowest BCUT2D eigenvalue weighted by Gasteiger charge is -2.20. The maximum atomic E-state index is 7.55. The summed E-state index contributed by atoms with van der Waals surface area (Å²) >= 11 is 0. The van der Waals surface area contributed by atoms with Crippen molar-refractivity contribution in [3.8, 4) is 104 Å². The molecule has 2 aromatic heterocycles. The van der Waals surface area contributed by atoms with Crippen LogP contribution in [0.1, 0.15) is 100 Å². The smallest absolute Gasteiger partial charge is 0.170 e. The molecule has 0 amide bonds. The fraction of sp³-hybridized carbons (Fsp3) is 0.111. The number of pyridine rings is 2. The van der Waals surface area contributed by atoms with Crippen LogP contribution in [0.4, 0.5) is 0 Å². The van der Waals surface area contributed by atoms with Crippen molar-refractivity contribution < 1.29 is 66.3 Å². The van der Waals surface area contributed by atoms with E-state index in [2.05, 4.69) is 45.8 Å². The molecule has 0 fully saturated rings. The van der Waals surface area contributed by atoms with Gasteiger partial charge in [-0.25, -0.2) is 0 Å². The first-order chi connectivity index (χ1) is 70.2. The predicted molar refractivity (Wildman–Crippen MR) is 553 cm³/mol. The molecule has 0 unspecified atom stereocenters. The Balaban J connectivity index is 0.705. The van der Waals surface area contributed by atoms with Crippen LogP contribution in [0.25, 0.3) is 21.5 Å². The number of rotatable bonds is 42. The highest BCUT2D eigenvalue weighted by Gasteiger charge is 2.23. The molecule has 0 aliphatic heterocycles. The minimum Gasteiger partial charge on any atom is -0.489 e. The van der Waals surface area contributed by atoms with Gasteiger partial charge in [-0.1, -0.05) is 266 Å². The molecule has 0 atom stereocenters. The molecule has 0 bridgehead atoms. The maximum absolute atomic E-state index is 7.55. The molecule has 16 nitrogen and oxygen atoms in total. The van der Waals surface area contributed by atoms with E-state index in [0.29, 0.717) is 144 Å². The van der Waals surface area contributed by atoms with E-state index in [4.69, 9.17) is 66.3 Å². The largest absolute Gasteiger partial charge is 0.489 e. The lowest BCUT2D eigenvalue weighted by atomic mass is 9.96. The van der Waals surface area contributed by atoms with Gasteiger partial charge in [0, 0.05) is 94.2 Å². The Bertz CT molecular complexity index is 6520. The van der Waals surface area contributed by atoms with Crippen LogP contribution in [-0.4, -0.2) is 9.97 Å². The van der Waals surface area contributed by atoms with Crippen LogP contribution in [0.5, 0.6) is 80.5 Å². The van der Waals surface area contributed by atoms with Gasteiger partial charge in [-0.3, -0.25) is 9.97 Å². The molecule has 16 heteroatoms. The maximum Gasteiger partial charge on any atom is 0.170 e. The number of nitrogens with zero attached hydrogens (tertiary/aromatic N) is 2. The van der Waals surface area contributed by atoms with Crippen molar-refractivity contribution in [3.63, 3.8) is 0 Å². The summed E-state index contributed by atoms with van der Waals surface area (Å²) in [7, 11) is 0. The fourth-order valence-corrected chi connectivity index (χ4v) is 16.0. The Morgan fingerprint density at radius 2 is 0.296 bits per heavy atom. The highest BCUT2D eigenvalue weighted by Crippen LogP contribution is 2.47. The van der Waals surface area contributed by atoms with Crippen molar-refractivity contribution in [2.24, 2.45) is 0 Å². The van der Waals surface area contributed by atoms with Crippen molar-refractivity contribution in [2.75, 3.05) is 0 Å². The highest BCUT2D eigenvalue weighted by atomic mass is 16.5. The minimum atomic E-state index is -0.0273.